The van der Waals surface area contributed by atoms with E-state index in [1.54, 1.807) is 11.8 Å². The normalized spacial score (nSPS) is 20.7. The molecule has 1 heterocycles. The van der Waals surface area contributed by atoms with Crippen molar-refractivity contribution in [2.45, 2.75) is 18.9 Å². The summed E-state index contributed by atoms with van der Waals surface area (Å²) in [5, 5.41) is 13.8. The van der Waals surface area contributed by atoms with E-state index in [4.69, 9.17) is 5.11 Å². The van der Waals surface area contributed by atoms with Crippen LogP contribution in [0.4, 0.5) is 0 Å². The zero-order valence-corrected chi connectivity index (χ0v) is 9.31. The Labute approximate surface area is 93.0 Å². The fourth-order valence-electron chi connectivity index (χ4n) is 1.29. The third kappa shape index (κ3) is 4.63. The highest BCUT2D eigenvalue weighted by atomic mass is 32.2. The van der Waals surface area contributed by atoms with Gasteiger partial charge in [-0.1, -0.05) is 0 Å². The van der Waals surface area contributed by atoms with Gasteiger partial charge in [-0.05, 0) is 12.2 Å². The molecule has 0 aromatic carbocycles. The Hall–Kier alpha value is -0.590. The van der Waals surface area contributed by atoms with Gasteiger partial charge in [0, 0.05) is 18.9 Å². The molecule has 1 unspecified atom stereocenters. The van der Waals surface area contributed by atoms with E-state index in [9.17, 15) is 9.59 Å². The van der Waals surface area contributed by atoms with Crippen LogP contribution in [-0.2, 0) is 9.59 Å². The van der Waals surface area contributed by atoms with Gasteiger partial charge in [-0.15, -0.1) is 0 Å². The zero-order chi connectivity index (χ0) is 11.1. The quantitative estimate of drug-likeness (QED) is 0.392. The Bertz CT molecular complexity index is 235. The van der Waals surface area contributed by atoms with Gasteiger partial charge < -0.3 is 10.4 Å². The van der Waals surface area contributed by atoms with Crippen LogP contribution in [0, 0.1) is 0 Å². The summed E-state index contributed by atoms with van der Waals surface area (Å²) < 4.78 is 0. The summed E-state index contributed by atoms with van der Waals surface area (Å²) in [5.74, 6) is 1.39. The molecule has 0 radical (unpaired) electrons. The Kier molecular flexibility index (Phi) is 5.67. The second kappa shape index (κ2) is 6.81. The third-order valence-corrected chi connectivity index (χ3v) is 3.12. The van der Waals surface area contributed by atoms with E-state index in [0.717, 1.165) is 17.9 Å². The summed E-state index contributed by atoms with van der Waals surface area (Å²) in [6, 6.07) is -0.351. The van der Waals surface area contributed by atoms with Crippen molar-refractivity contribution in [3.05, 3.63) is 0 Å². The van der Waals surface area contributed by atoms with Crippen LogP contribution in [0.25, 0.3) is 0 Å². The van der Waals surface area contributed by atoms with Crippen LogP contribution in [0.2, 0.25) is 0 Å². The summed E-state index contributed by atoms with van der Waals surface area (Å²) in [5.41, 5.74) is 0. The maximum atomic E-state index is 11.1. The smallest absolute Gasteiger partial charge is 0.244 e. The van der Waals surface area contributed by atoms with E-state index in [0.29, 0.717) is 6.54 Å². The summed E-state index contributed by atoms with van der Waals surface area (Å²) >= 11 is 1.72. The second-order valence-corrected chi connectivity index (χ2v) is 4.54. The average molecular weight is 232 g/mol. The van der Waals surface area contributed by atoms with Crippen molar-refractivity contribution in [3.8, 4) is 0 Å². The number of hydrogen-bond donors (Lipinski definition) is 3. The van der Waals surface area contributed by atoms with Gasteiger partial charge in [0.05, 0.1) is 12.5 Å². The van der Waals surface area contributed by atoms with Crippen LogP contribution >= 0.6 is 11.8 Å². The monoisotopic (exact) mass is 232 g/mol. The number of hydrogen-bond acceptors (Lipinski definition) is 5. The van der Waals surface area contributed by atoms with Gasteiger partial charge in [-0.25, -0.2) is 0 Å². The minimum absolute atomic E-state index is 0.203. The predicted molar refractivity (Wildman–Crippen MR) is 58.6 cm³/mol. The molecule has 0 aliphatic carbocycles. The van der Waals surface area contributed by atoms with Crippen molar-refractivity contribution < 1.29 is 14.7 Å². The Morgan fingerprint density at radius 2 is 2.27 bits per heavy atom. The Balaban J connectivity index is 2.00. The molecule has 1 atom stereocenters. The largest absolute Gasteiger partial charge is 0.396 e. The number of aliphatic hydroxyl groups is 1. The lowest BCUT2D eigenvalue weighted by Gasteiger charge is -2.07. The highest BCUT2D eigenvalue weighted by Gasteiger charge is 2.29. The van der Waals surface area contributed by atoms with Crippen LogP contribution in [-0.4, -0.2) is 47.6 Å². The molecule has 6 heteroatoms. The van der Waals surface area contributed by atoms with Crippen molar-refractivity contribution in [3.63, 3.8) is 0 Å². The lowest BCUT2D eigenvalue weighted by Crippen LogP contribution is -2.37. The number of nitrogens with one attached hydrogen (secondary N) is 2. The van der Waals surface area contributed by atoms with E-state index in [1.807, 2.05) is 0 Å². The van der Waals surface area contributed by atoms with Gasteiger partial charge in [0.2, 0.25) is 11.8 Å². The fraction of sp³-hybridized carbons (Fsp3) is 0.778. The molecule has 0 aromatic rings. The summed E-state index contributed by atoms with van der Waals surface area (Å²) in [7, 11) is 0. The zero-order valence-electron chi connectivity index (χ0n) is 8.49. The van der Waals surface area contributed by atoms with E-state index in [-0.39, 0.29) is 30.9 Å². The van der Waals surface area contributed by atoms with Crippen LogP contribution in [0.3, 0.4) is 0 Å². The van der Waals surface area contributed by atoms with Crippen molar-refractivity contribution in [1.82, 2.24) is 10.6 Å². The van der Waals surface area contributed by atoms with Gasteiger partial charge in [0.15, 0.2) is 0 Å². The van der Waals surface area contributed by atoms with Gasteiger partial charge >= 0.3 is 0 Å². The maximum absolute atomic E-state index is 11.1. The fourth-order valence-corrected chi connectivity index (χ4v) is 2.09. The molecule has 5 nitrogen and oxygen atoms in total. The first kappa shape index (κ1) is 12.5. The van der Waals surface area contributed by atoms with Crippen molar-refractivity contribution in [2.75, 3.05) is 24.7 Å². The molecule has 0 spiro atoms. The van der Waals surface area contributed by atoms with Crippen LogP contribution in [0.5, 0.6) is 0 Å². The van der Waals surface area contributed by atoms with Gasteiger partial charge in [-0.3, -0.25) is 14.9 Å². The van der Waals surface area contributed by atoms with Crippen LogP contribution < -0.4 is 10.6 Å². The van der Waals surface area contributed by atoms with Crippen molar-refractivity contribution >= 4 is 23.6 Å². The highest BCUT2D eigenvalue weighted by Crippen LogP contribution is 2.03. The SMILES string of the molecule is O=C1CC(NCCSCCCO)C(=O)N1. The molecule has 0 bridgehead atoms. The minimum atomic E-state index is -0.351. The number of aliphatic hydroxyl groups excluding tert-OH is 1. The summed E-state index contributed by atoms with van der Waals surface area (Å²) in [4.78, 5) is 21.9. The Morgan fingerprint density at radius 3 is 2.87 bits per heavy atom. The first-order valence-electron chi connectivity index (χ1n) is 4.99. The topological polar surface area (TPSA) is 78.4 Å². The summed E-state index contributed by atoms with van der Waals surface area (Å²) in [6.07, 6.45) is 1.05. The molecule has 3 N–H and O–H groups in total. The van der Waals surface area contributed by atoms with Crippen molar-refractivity contribution in [1.29, 1.82) is 0 Å². The highest BCUT2D eigenvalue weighted by molar-refractivity contribution is 7.99. The van der Waals surface area contributed by atoms with Crippen LogP contribution in [0.15, 0.2) is 0 Å². The third-order valence-electron chi connectivity index (χ3n) is 2.05. The maximum Gasteiger partial charge on any atom is 0.244 e. The number of rotatable bonds is 7. The van der Waals surface area contributed by atoms with E-state index in [2.05, 4.69) is 10.6 Å². The van der Waals surface area contributed by atoms with Gasteiger partial charge in [0.1, 0.15) is 0 Å². The van der Waals surface area contributed by atoms with Crippen molar-refractivity contribution in [2.24, 2.45) is 0 Å². The molecule has 86 valence electrons. The number of thioether (sulfide) groups is 1. The minimum Gasteiger partial charge on any atom is -0.396 e. The number of imide groups is 1. The summed E-state index contributed by atoms with van der Waals surface area (Å²) in [6.45, 7) is 0.932. The van der Waals surface area contributed by atoms with E-state index < -0.39 is 0 Å². The molecule has 1 rings (SSSR count). The first-order chi connectivity index (χ1) is 7.24. The molecule has 2 amide bonds. The van der Waals surface area contributed by atoms with Gasteiger partial charge in [0.25, 0.3) is 0 Å². The number of carbonyl (C=O) groups is 2. The lowest BCUT2D eigenvalue weighted by atomic mass is 10.2. The van der Waals surface area contributed by atoms with Gasteiger partial charge in [-0.2, -0.15) is 11.8 Å². The van der Waals surface area contributed by atoms with E-state index >= 15 is 0 Å². The number of carbonyl (C=O) groups excluding carboxylic acids is 2. The standard InChI is InChI=1S/C9H16N2O3S/c12-3-1-4-15-5-2-10-7-6-8(13)11-9(7)14/h7,10,12H,1-6H2,(H,11,13,14). The molecular formula is C9H16N2O3S. The Morgan fingerprint density at radius 1 is 1.47 bits per heavy atom. The molecular weight excluding hydrogens is 216 g/mol. The van der Waals surface area contributed by atoms with Crippen LogP contribution in [0.1, 0.15) is 12.8 Å². The molecule has 0 saturated carbocycles. The molecule has 1 fully saturated rings. The lowest BCUT2D eigenvalue weighted by molar-refractivity contribution is -0.125. The average Bonchev–Trinajstić information content (AvgIpc) is 2.51. The molecule has 1 aliphatic heterocycles. The predicted octanol–water partition coefficient (Wildman–Crippen LogP) is -0.893. The second-order valence-electron chi connectivity index (χ2n) is 3.31. The molecule has 15 heavy (non-hydrogen) atoms. The number of amides is 2. The molecule has 0 aromatic heterocycles. The van der Waals surface area contributed by atoms with E-state index in [1.165, 1.54) is 0 Å². The first-order valence-corrected chi connectivity index (χ1v) is 6.15. The molecule has 1 saturated heterocycles. The molecule has 1 aliphatic rings.